The number of hydrogen-bond acceptors (Lipinski definition) is 4. The van der Waals surface area contributed by atoms with E-state index in [1.54, 1.807) is 18.2 Å². The number of fused-ring (bicyclic) bond motifs is 1. The molecule has 1 aliphatic carbocycles. The van der Waals surface area contributed by atoms with Crippen molar-refractivity contribution in [1.29, 1.82) is 5.26 Å². The van der Waals surface area contributed by atoms with Crippen LogP contribution in [0.5, 0.6) is 0 Å². The van der Waals surface area contributed by atoms with Crippen molar-refractivity contribution in [2.45, 2.75) is 52.1 Å². The highest BCUT2D eigenvalue weighted by Gasteiger charge is 2.24. The van der Waals surface area contributed by atoms with Crippen molar-refractivity contribution in [3.05, 3.63) is 81.0 Å². The first-order valence-electron chi connectivity index (χ1n) is 11.6. The van der Waals surface area contributed by atoms with E-state index in [4.69, 9.17) is 0 Å². The van der Waals surface area contributed by atoms with Crippen LogP contribution in [0.15, 0.2) is 54.1 Å². The monoisotopic (exact) mass is 456 g/mol. The lowest BCUT2D eigenvalue weighted by molar-refractivity contribution is -0.384. The molecule has 0 bridgehead atoms. The molecule has 0 radical (unpaired) electrons. The van der Waals surface area contributed by atoms with Crippen LogP contribution in [0.25, 0.3) is 17.0 Å². The van der Waals surface area contributed by atoms with Gasteiger partial charge in [0.15, 0.2) is 0 Å². The van der Waals surface area contributed by atoms with Gasteiger partial charge in [-0.2, -0.15) is 5.26 Å². The third kappa shape index (κ3) is 4.72. The number of nitrogens with one attached hydrogen (secondary N) is 1. The molecule has 4 rings (SSSR count). The second-order valence-corrected chi connectivity index (χ2v) is 9.04. The zero-order chi connectivity index (χ0) is 24.2. The predicted molar refractivity (Wildman–Crippen MR) is 132 cm³/mol. The van der Waals surface area contributed by atoms with Gasteiger partial charge >= 0.3 is 0 Å². The van der Waals surface area contributed by atoms with Gasteiger partial charge in [-0.25, -0.2) is 0 Å². The molecule has 3 aromatic rings. The molecule has 0 aliphatic heterocycles. The average molecular weight is 457 g/mol. The van der Waals surface area contributed by atoms with E-state index in [1.807, 2.05) is 31.2 Å². The van der Waals surface area contributed by atoms with Gasteiger partial charge in [0.2, 0.25) is 0 Å². The number of benzene rings is 2. The predicted octanol–water partition coefficient (Wildman–Crippen LogP) is 5.51. The van der Waals surface area contributed by atoms with Crippen LogP contribution < -0.4 is 5.32 Å². The van der Waals surface area contributed by atoms with E-state index in [2.05, 4.69) is 22.9 Å². The van der Waals surface area contributed by atoms with Gasteiger partial charge in [0.05, 0.1) is 4.92 Å². The second kappa shape index (κ2) is 9.92. The molecule has 174 valence electrons. The third-order valence-electron chi connectivity index (χ3n) is 6.85. The lowest BCUT2D eigenvalue weighted by atomic mass is 9.86. The molecule has 1 N–H and O–H groups in total. The van der Waals surface area contributed by atoms with E-state index >= 15 is 0 Å². The van der Waals surface area contributed by atoms with Gasteiger partial charge in [0.25, 0.3) is 11.6 Å². The van der Waals surface area contributed by atoms with Crippen molar-refractivity contribution in [1.82, 2.24) is 9.88 Å². The van der Waals surface area contributed by atoms with Crippen LogP contribution in [0, 0.1) is 34.3 Å². The number of non-ortho nitro benzene ring substituents is 1. The number of hydrogen-bond donors (Lipinski definition) is 1. The highest BCUT2D eigenvalue weighted by molar-refractivity contribution is 6.04. The number of carbonyl (C=O) groups excluding carboxylic acids is 1. The molecule has 1 saturated carbocycles. The van der Waals surface area contributed by atoms with Crippen molar-refractivity contribution >= 4 is 28.6 Å². The zero-order valence-electron chi connectivity index (χ0n) is 19.5. The highest BCUT2D eigenvalue weighted by Crippen LogP contribution is 2.29. The van der Waals surface area contributed by atoms with Crippen molar-refractivity contribution in [2.75, 3.05) is 0 Å². The lowest BCUT2D eigenvalue weighted by Gasteiger charge is -2.29. The standard InChI is InChI=1S/C27H28N4O3/c1-18-7-3-5-9-25(18)29-27(32)21(16-28)15-24-19(2)30(26-10-6-4-8-23(24)26)17-20-11-13-22(14-12-20)31(33)34/h4,6,8,10-15,18,25H,3,5,7,9,17H2,1-2H3,(H,29,32)/b21-15+/t18-,25+/m1/s1. The van der Waals surface area contributed by atoms with Gasteiger partial charge < -0.3 is 9.88 Å². The van der Waals surface area contributed by atoms with Crippen molar-refractivity contribution in [3.8, 4) is 6.07 Å². The topological polar surface area (TPSA) is 101 Å². The first kappa shape index (κ1) is 23.2. The van der Waals surface area contributed by atoms with E-state index in [0.717, 1.165) is 47.0 Å². The summed E-state index contributed by atoms with van der Waals surface area (Å²) in [5, 5.41) is 24.8. The molecule has 34 heavy (non-hydrogen) atoms. The number of aromatic nitrogens is 1. The Morgan fingerprint density at radius 1 is 1.21 bits per heavy atom. The molecule has 1 amide bonds. The Labute approximate surface area is 198 Å². The SMILES string of the molecule is Cc1c(/C=C(\C#N)C(=O)N[C@H]2CCCC[C@H]2C)c2ccccc2n1Cc1ccc([N+](=O)[O-])cc1. The molecular weight excluding hydrogens is 428 g/mol. The fourth-order valence-electron chi connectivity index (χ4n) is 4.82. The summed E-state index contributed by atoms with van der Waals surface area (Å²) in [6.07, 6.45) is 6.00. The molecule has 0 spiro atoms. The van der Waals surface area contributed by atoms with Crippen LogP contribution in [-0.2, 0) is 11.3 Å². The smallest absolute Gasteiger partial charge is 0.269 e. The van der Waals surface area contributed by atoms with Gasteiger partial charge in [-0.1, -0.05) is 50.1 Å². The number of para-hydroxylation sites is 1. The molecule has 7 nitrogen and oxygen atoms in total. The van der Waals surface area contributed by atoms with E-state index in [9.17, 15) is 20.2 Å². The normalized spacial score (nSPS) is 18.4. The summed E-state index contributed by atoms with van der Waals surface area (Å²) in [4.78, 5) is 23.5. The number of rotatable bonds is 6. The first-order chi connectivity index (χ1) is 16.4. The van der Waals surface area contributed by atoms with Crippen LogP contribution in [0.4, 0.5) is 5.69 Å². The lowest BCUT2D eigenvalue weighted by Crippen LogP contribution is -2.41. The maximum atomic E-state index is 13.0. The number of carbonyl (C=O) groups is 1. The summed E-state index contributed by atoms with van der Waals surface area (Å²) in [6, 6.07) is 16.6. The highest BCUT2D eigenvalue weighted by atomic mass is 16.6. The number of amides is 1. The number of nitro benzene ring substituents is 1. The van der Waals surface area contributed by atoms with E-state index < -0.39 is 4.92 Å². The minimum atomic E-state index is -0.411. The minimum Gasteiger partial charge on any atom is -0.348 e. The fraction of sp³-hybridized carbons (Fsp3) is 0.333. The maximum Gasteiger partial charge on any atom is 0.269 e. The van der Waals surface area contributed by atoms with Crippen LogP contribution in [0.1, 0.15) is 49.4 Å². The number of nitro groups is 1. The Kier molecular flexibility index (Phi) is 6.78. The molecule has 1 heterocycles. The maximum absolute atomic E-state index is 13.0. The molecule has 2 aromatic carbocycles. The quantitative estimate of drug-likeness (QED) is 0.229. The molecule has 1 aliphatic rings. The van der Waals surface area contributed by atoms with Crippen molar-refractivity contribution < 1.29 is 9.72 Å². The van der Waals surface area contributed by atoms with Crippen LogP contribution >= 0.6 is 0 Å². The zero-order valence-corrected chi connectivity index (χ0v) is 19.5. The molecular formula is C27H28N4O3. The summed E-state index contributed by atoms with van der Waals surface area (Å²) in [7, 11) is 0. The summed E-state index contributed by atoms with van der Waals surface area (Å²) >= 11 is 0. The van der Waals surface area contributed by atoms with Gasteiger partial charge in [-0.05, 0) is 43.4 Å². The second-order valence-electron chi connectivity index (χ2n) is 9.04. The van der Waals surface area contributed by atoms with Gasteiger partial charge in [0.1, 0.15) is 11.6 Å². The molecule has 2 atom stereocenters. The summed E-state index contributed by atoms with van der Waals surface area (Å²) in [6.45, 7) is 4.63. The van der Waals surface area contributed by atoms with Crippen LogP contribution in [0.3, 0.4) is 0 Å². The summed E-state index contributed by atoms with van der Waals surface area (Å²) in [5.74, 6) is 0.0795. The molecule has 0 saturated heterocycles. The Morgan fingerprint density at radius 2 is 1.91 bits per heavy atom. The van der Waals surface area contributed by atoms with E-state index in [0.29, 0.717) is 12.5 Å². The minimum absolute atomic E-state index is 0.0541. The molecule has 7 heteroatoms. The van der Waals surface area contributed by atoms with Gasteiger partial charge in [-0.3, -0.25) is 14.9 Å². The summed E-state index contributed by atoms with van der Waals surface area (Å²) < 4.78 is 2.11. The molecule has 1 aromatic heterocycles. The Morgan fingerprint density at radius 3 is 2.59 bits per heavy atom. The van der Waals surface area contributed by atoms with Gasteiger partial charge in [-0.15, -0.1) is 0 Å². The Balaban J connectivity index is 1.67. The first-order valence-corrected chi connectivity index (χ1v) is 11.6. The third-order valence-corrected chi connectivity index (χ3v) is 6.85. The number of nitrogens with zero attached hydrogens (tertiary/aromatic N) is 3. The fourth-order valence-corrected chi connectivity index (χ4v) is 4.82. The van der Waals surface area contributed by atoms with E-state index in [-0.39, 0.29) is 23.2 Å². The average Bonchev–Trinajstić information content (AvgIpc) is 3.10. The van der Waals surface area contributed by atoms with Crippen LogP contribution in [-0.4, -0.2) is 21.4 Å². The van der Waals surface area contributed by atoms with E-state index in [1.165, 1.54) is 18.6 Å². The summed E-state index contributed by atoms with van der Waals surface area (Å²) in [5.41, 5.74) is 3.81. The largest absolute Gasteiger partial charge is 0.348 e. The van der Waals surface area contributed by atoms with Crippen molar-refractivity contribution in [2.24, 2.45) is 5.92 Å². The van der Waals surface area contributed by atoms with Gasteiger partial charge in [0, 0.05) is 46.9 Å². The number of nitriles is 1. The molecule has 1 fully saturated rings. The Bertz CT molecular complexity index is 1300. The van der Waals surface area contributed by atoms with Crippen molar-refractivity contribution in [3.63, 3.8) is 0 Å². The van der Waals surface area contributed by atoms with Crippen LogP contribution in [0.2, 0.25) is 0 Å². The Hall–Kier alpha value is -3.92. The molecule has 0 unspecified atom stereocenters.